The fraction of sp³-hybridized carbons (Fsp3) is 0.533. The molecule has 1 aliphatic carbocycles. The molecule has 1 saturated carbocycles. The van der Waals surface area contributed by atoms with Crippen LogP contribution >= 0.6 is 11.6 Å². The Morgan fingerprint density at radius 3 is 2.40 bits per heavy atom. The minimum absolute atomic E-state index is 0.476. The molecule has 2 rings (SSSR count). The number of carbonyl (C=O) groups excluding carboxylic acids is 1. The summed E-state index contributed by atoms with van der Waals surface area (Å²) in [4.78, 5) is 14.8. The fourth-order valence-corrected chi connectivity index (χ4v) is 3.13. The van der Waals surface area contributed by atoms with Crippen molar-refractivity contribution in [1.82, 2.24) is 0 Å². The third-order valence-corrected chi connectivity index (χ3v) is 4.28. The molecule has 0 bridgehead atoms. The van der Waals surface area contributed by atoms with E-state index in [0.717, 1.165) is 36.8 Å². The van der Waals surface area contributed by atoms with Gasteiger partial charge in [-0.3, -0.25) is 0 Å². The van der Waals surface area contributed by atoms with Gasteiger partial charge in [-0.05, 0) is 37.3 Å². The van der Waals surface area contributed by atoms with Crippen LogP contribution < -0.4 is 9.47 Å². The monoisotopic (exact) mass is 295 g/mol. The topological polar surface area (TPSA) is 47.9 Å². The van der Waals surface area contributed by atoms with Crippen LogP contribution in [0, 0.1) is 0 Å². The molecule has 0 spiro atoms. The molecule has 0 heterocycles. The van der Waals surface area contributed by atoms with E-state index in [0.29, 0.717) is 16.5 Å². The van der Waals surface area contributed by atoms with Crippen LogP contribution in [0.5, 0.6) is 11.5 Å². The van der Waals surface area contributed by atoms with Crippen LogP contribution in [0.4, 0.5) is 0 Å². The summed E-state index contributed by atoms with van der Waals surface area (Å²) >= 11 is 6.28. The minimum Gasteiger partial charge on any atom is -0.493 e. The Labute approximate surface area is 123 Å². The molecular formula is C15H18ClNO3. The SMILES string of the molecule is CCc1c(C2(N=C=O)CCC2)cc(Cl)c(OC)c1OC. The number of methoxy groups -OCH3 is 2. The summed E-state index contributed by atoms with van der Waals surface area (Å²) < 4.78 is 10.8. The van der Waals surface area contributed by atoms with Gasteiger partial charge in [0, 0.05) is 5.56 Å². The Balaban J connectivity index is 2.70. The van der Waals surface area contributed by atoms with Crippen LogP contribution in [0.3, 0.4) is 0 Å². The number of isocyanates is 1. The highest BCUT2D eigenvalue weighted by Gasteiger charge is 2.41. The van der Waals surface area contributed by atoms with Gasteiger partial charge < -0.3 is 9.47 Å². The molecule has 108 valence electrons. The van der Waals surface area contributed by atoms with Gasteiger partial charge in [0.25, 0.3) is 0 Å². The van der Waals surface area contributed by atoms with Gasteiger partial charge in [0.15, 0.2) is 11.5 Å². The Morgan fingerprint density at radius 1 is 1.35 bits per heavy atom. The second kappa shape index (κ2) is 5.86. The Kier molecular flexibility index (Phi) is 4.36. The number of hydrogen-bond acceptors (Lipinski definition) is 4. The summed E-state index contributed by atoms with van der Waals surface area (Å²) in [7, 11) is 3.15. The standard InChI is InChI=1S/C15H18ClNO3/c1-4-10-11(15(17-9-18)6-5-7-15)8-12(16)14(20-3)13(10)19-2/h8H,4-7H2,1-3H3. The molecule has 4 nitrogen and oxygen atoms in total. The highest BCUT2D eigenvalue weighted by atomic mass is 35.5. The van der Waals surface area contributed by atoms with Gasteiger partial charge in [-0.25, -0.2) is 4.79 Å². The zero-order chi connectivity index (χ0) is 14.8. The molecular weight excluding hydrogens is 278 g/mol. The molecule has 1 aromatic carbocycles. The van der Waals surface area contributed by atoms with Crippen LogP contribution in [0.1, 0.15) is 37.3 Å². The van der Waals surface area contributed by atoms with Crippen molar-refractivity contribution in [3.05, 3.63) is 22.2 Å². The molecule has 5 heteroatoms. The first-order chi connectivity index (χ1) is 9.63. The lowest BCUT2D eigenvalue weighted by molar-refractivity contribution is 0.252. The Bertz CT molecular complexity index is 561. The minimum atomic E-state index is -0.490. The molecule has 0 atom stereocenters. The summed E-state index contributed by atoms with van der Waals surface area (Å²) in [6, 6.07) is 1.85. The predicted molar refractivity (Wildman–Crippen MR) is 77.6 cm³/mol. The number of benzene rings is 1. The van der Waals surface area contributed by atoms with Crippen molar-refractivity contribution in [3.8, 4) is 11.5 Å². The van der Waals surface area contributed by atoms with Crippen LogP contribution in [0.2, 0.25) is 5.02 Å². The molecule has 1 aromatic rings. The van der Waals surface area contributed by atoms with E-state index < -0.39 is 5.54 Å². The Morgan fingerprint density at radius 2 is 2.00 bits per heavy atom. The number of aliphatic imine (C=N–C) groups is 1. The van der Waals surface area contributed by atoms with Crippen molar-refractivity contribution >= 4 is 17.7 Å². The van der Waals surface area contributed by atoms with E-state index >= 15 is 0 Å². The van der Waals surface area contributed by atoms with Gasteiger partial charge in [-0.15, -0.1) is 0 Å². The van der Waals surface area contributed by atoms with Crippen molar-refractivity contribution in [2.75, 3.05) is 14.2 Å². The molecule has 0 unspecified atom stereocenters. The van der Waals surface area contributed by atoms with Crippen molar-refractivity contribution < 1.29 is 14.3 Å². The van der Waals surface area contributed by atoms with Gasteiger partial charge in [-0.1, -0.05) is 18.5 Å². The maximum absolute atomic E-state index is 10.8. The van der Waals surface area contributed by atoms with E-state index in [1.165, 1.54) is 0 Å². The molecule has 0 aromatic heterocycles. The molecule has 20 heavy (non-hydrogen) atoms. The van der Waals surface area contributed by atoms with E-state index in [1.807, 2.05) is 13.0 Å². The quantitative estimate of drug-likeness (QED) is 0.615. The van der Waals surface area contributed by atoms with Gasteiger partial charge in [-0.2, -0.15) is 4.99 Å². The summed E-state index contributed by atoms with van der Waals surface area (Å²) in [6.07, 6.45) is 5.17. The average molecular weight is 296 g/mol. The number of halogens is 1. The molecule has 0 saturated heterocycles. The van der Waals surface area contributed by atoms with E-state index in [-0.39, 0.29) is 0 Å². The van der Waals surface area contributed by atoms with E-state index in [9.17, 15) is 4.79 Å². The highest BCUT2D eigenvalue weighted by Crippen LogP contribution is 2.51. The first-order valence-corrected chi connectivity index (χ1v) is 7.04. The Hall–Kier alpha value is -1.51. The van der Waals surface area contributed by atoms with Crippen molar-refractivity contribution in [1.29, 1.82) is 0 Å². The first kappa shape index (κ1) is 14.9. The van der Waals surface area contributed by atoms with E-state index in [1.54, 1.807) is 20.3 Å². The second-order valence-corrected chi connectivity index (χ2v) is 5.30. The van der Waals surface area contributed by atoms with Crippen LogP contribution in [0.25, 0.3) is 0 Å². The lowest BCUT2D eigenvalue weighted by Crippen LogP contribution is -2.33. The smallest absolute Gasteiger partial charge is 0.235 e. The zero-order valence-corrected chi connectivity index (χ0v) is 12.7. The maximum Gasteiger partial charge on any atom is 0.235 e. The molecule has 1 aliphatic rings. The first-order valence-electron chi connectivity index (χ1n) is 6.66. The molecule has 0 radical (unpaired) electrons. The highest BCUT2D eigenvalue weighted by molar-refractivity contribution is 6.32. The summed E-state index contributed by atoms with van der Waals surface area (Å²) in [5, 5.41) is 0.476. The molecule has 0 amide bonds. The van der Waals surface area contributed by atoms with Crippen LogP contribution in [-0.4, -0.2) is 20.3 Å². The second-order valence-electron chi connectivity index (χ2n) is 4.89. The summed E-state index contributed by atoms with van der Waals surface area (Å²) in [5.74, 6) is 1.16. The van der Waals surface area contributed by atoms with Gasteiger partial charge in [0.1, 0.15) is 0 Å². The van der Waals surface area contributed by atoms with Crippen molar-refractivity contribution in [2.24, 2.45) is 4.99 Å². The molecule has 1 fully saturated rings. The predicted octanol–water partition coefficient (Wildman–Crippen LogP) is 3.63. The van der Waals surface area contributed by atoms with Gasteiger partial charge >= 0.3 is 0 Å². The van der Waals surface area contributed by atoms with E-state index in [2.05, 4.69) is 4.99 Å². The van der Waals surface area contributed by atoms with Crippen molar-refractivity contribution in [3.63, 3.8) is 0 Å². The van der Waals surface area contributed by atoms with Gasteiger partial charge in [0.2, 0.25) is 6.08 Å². The maximum atomic E-state index is 10.8. The van der Waals surface area contributed by atoms with Gasteiger partial charge in [0.05, 0.1) is 24.8 Å². The average Bonchev–Trinajstić information content (AvgIpc) is 2.41. The summed E-state index contributed by atoms with van der Waals surface area (Å²) in [6.45, 7) is 2.03. The number of rotatable bonds is 5. The van der Waals surface area contributed by atoms with E-state index in [4.69, 9.17) is 21.1 Å². The zero-order valence-electron chi connectivity index (χ0n) is 12.0. The lowest BCUT2D eigenvalue weighted by Gasteiger charge is -2.39. The number of ether oxygens (including phenoxy) is 2. The van der Waals surface area contributed by atoms with Crippen LogP contribution in [0.15, 0.2) is 11.1 Å². The third-order valence-electron chi connectivity index (χ3n) is 4.00. The van der Waals surface area contributed by atoms with Crippen molar-refractivity contribution in [2.45, 2.75) is 38.1 Å². The fourth-order valence-electron chi connectivity index (χ4n) is 2.86. The molecule has 0 N–H and O–H groups in total. The lowest BCUT2D eigenvalue weighted by atomic mass is 9.70. The van der Waals surface area contributed by atoms with Crippen LogP contribution in [-0.2, 0) is 16.8 Å². The third kappa shape index (κ3) is 2.19. The molecule has 0 aliphatic heterocycles. The largest absolute Gasteiger partial charge is 0.493 e. The normalized spacial score (nSPS) is 16.0. The summed E-state index contributed by atoms with van der Waals surface area (Å²) in [5.41, 5.74) is 1.46. The number of hydrogen-bond donors (Lipinski definition) is 0. The number of nitrogens with zero attached hydrogens (tertiary/aromatic N) is 1.